The Bertz CT molecular complexity index is 687. The van der Waals surface area contributed by atoms with E-state index in [1.165, 1.54) is 0 Å². The average Bonchev–Trinajstić information content (AvgIpc) is 3.69. The van der Waals surface area contributed by atoms with Gasteiger partial charge in [-0.1, -0.05) is 0 Å². The molecule has 2 heterocycles. The minimum atomic E-state index is -2.86. The van der Waals surface area contributed by atoms with E-state index in [0.717, 1.165) is 19.1 Å². The van der Waals surface area contributed by atoms with Gasteiger partial charge in [-0.05, 0) is 50.7 Å². The molecular formula is C20H50O12Si6. The van der Waals surface area contributed by atoms with E-state index in [1.807, 2.05) is 0 Å². The summed E-state index contributed by atoms with van der Waals surface area (Å²) in [5.74, 6) is 0. The fraction of sp³-hybridized carbons (Fsp3) is 1.00. The third-order valence-corrected chi connectivity index (χ3v) is 30.5. The second-order valence-corrected chi connectivity index (χ2v) is 29.3. The third-order valence-electron chi connectivity index (χ3n) is 6.96. The van der Waals surface area contributed by atoms with Gasteiger partial charge >= 0.3 is 52.6 Å². The maximum atomic E-state index is 7.04. The van der Waals surface area contributed by atoms with Gasteiger partial charge in [-0.3, -0.25) is 0 Å². The van der Waals surface area contributed by atoms with Crippen LogP contribution in [0.4, 0.5) is 0 Å². The average molecular weight is 651 g/mol. The first kappa shape index (κ1) is 35.0. The minimum absolute atomic E-state index is 0.257. The van der Waals surface area contributed by atoms with Crippen LogP contribution in [0.2, 0.25) is 56.4 Å². The Hall–Kier alpha value is 0.821. The van der Waals surface area contributed by atoms with Crippen LogP contribution < -0.4 is 0 Å². The molecule has 2 fully saturated rings. The van der Waals surface area contributed by atoms with Crippen LogP contribution in [0.1, 0.15) is 6.42 Å². The van der Waals surface area contributed by atoms with Crippen molar-refractivity contribution in [2.75, 3.05) is 62.5 Å². The van der Waals surface area contributed by atoms with Crippen molar-refractivity contribution in [1.82, 2.24) is 0 Å². The van der Waals surface area contributed by atoms with E-state index in [-0.39, 0.29) is 6.10 Å². The van der Waals surface area contributed by atoms with Crippen molar-refractivity contribution >= 4 is 52.6 Å². The Morgan fingerprint density at radius 1 is 0.711 bits per heavy atom. The summed E-state index contributed by atoms with van der Waals surface area (Å²) < 4.78 is 72.6. The van der Waals surface area contributed by atoms with Crippen LogP contribution >= 0.6 is 0 Å². The molecule has 0 aromatic heterocycles. The van der Waals surface area contributed by atoms with Crippen molar-refractivity contribution in [3.63, 3.8) is 0 Å². The molecule has 226 valence electrons. The fourth-order valence-electron chi connectivity index (χ4n) is 4.78. The molecular weight excluding hydrogens is 601 g/mol. The van der Waals surface area contributed by atoms with E-state index >= 15 is 0 Å². The zero-order valence-corrected chi connectivity index (χ0v) is 31.1. The molecule has 5 atom stereocenters. The molecule has 0 N–H and O–H groups in total. The summed E-state index contributed by atoms with van der Waals surface area (Å²) in [6, 6.07) is 3.20. The molecule has 0 aromatic carbocycles. The molecule has 0 aromatic rings. The van der Waals surface area contributed by atoms with Gasteiger partial charge < -0.3 is 52.5 Å². The van der Waals surface area contributed by atoms with E-state index in [9.17, 15) is 0 Å². The second kappa shape index (κ2) is 15.3. The number of hydrogen-bond acceptors (Lipinski definition) is 12. The van der Waals surface area contributed by atoms with E-state index in [2.05, 4.69) is 26.2 Å². The van der Waals surface area contributed by atoms with Gasteiger partial charge in [0.1, 0.15) is 6.10 Å². The molecule has 2 rings (SSSR count). The highest BCUT2D eigenvalue weighted by Crippen LogP contribution is 2.36. The molecule has 2 aliphatic rings. The lowest BCUT2D eigenvalue weighted by Gasteiger charge is -2.47. The molecule has 5 unspecified atom stereocenters. The zero-order valence-electron chi connectivity index (χ0n) is 24.9. The summed E-state index contributed by atoms with van der Waals surface area (Å²) in [4.78, 5) is 0. The zero-order chi connectivity index (χ0) is 28.5. The predicted octanol–water partition coefficient (Wildman–Crippen LogP) is 2.69. The van der Waals surface area contributed by atoms with Crippen LogP contribution in [-0.2, 0) is 52.5 Å². The highest BCUT2D eigenvalue weighted by atomic mass is 28.5. The molecule has 0 bridgehead atoms. The summed E-state index contributed by atoms with van der Waals surface area (Å²) in [6.07, 6.45) is 1.10. The Balaban J connectivity index is 2.23. The van der Waals surface area contributed by atoms with Crippen molar-refractivity contribution in [2.24, 2.45) is 0 Å². The Kier molecular flexibility index (Phi) is 14.1. The quantitative estimate of drug-likeness (QED) is 0.123. The number of rotatable bonds is 18. The predicted molar refractivity (Wildman–Crippen MR) is 155 cm³/mol. The van der Waals surface area contributed by atoms with Crippen LogP contribution in [0.5, 0.6) is 0 Å². The number of ether oxygens (including phenoxy) is 2. The maximum absolute atomic E-state index is 7.04. The largest absolute Gasteiger partial charge is 0.500 e. The smallest absolute Gasteiger partial charge is 0.418 e. The summed E-state index contributed by atoms with van der Waals surface area (Å²) >= 11 is 0. The Morgan fingerprint density at radius 2 is 1.13 bits per heavy atom. The van der Waals surface area contributed by atoms with E-state index < -0.39 is 52.6 Å². The third kappa shape index (κ3) is 10.6. The lowest BCUT2D eigenvalue weighted by Crippen LogP contribution is -2.64. The topological polar surface area (TPSA) is 114 Å². The summed E-state index contributed by atoms with van der Waals surface area (Å²) in [5.41, 5.74) is 0. The maximum Gasteiger partial charge on any atom is 0.500 e. The minimum Gasteiger partial charge on any atom is -0.418 e. The molecule has 0 aliphatic carbocycles. The molecule has 0 saturated carbocycles. The molecule has 0 radical (unpaired) electrons. The van der Waals surface area contributed by atoms with Gasteiger partial charge in [0.15, 0.2) is 0 Å². The van der Waals surface area contributed by atoms with E-state index in [0.29, 0.717) is 37.4 Å². The highest BCUT2D eigenvalue weighted by Gasteiger charge is 2.55. The molecule has 2 aliphatic heterocycles. The summed E-state index contributed by atoms with van der Waals surface area (Å²) in [7, 11) is -6.26. The normalized spacial score (nSPS) is 32.7. The van der Waals surface area contributed by atoms with Gasteiger partial charge in [0.25, 0.3) is 0 Å². The lowest BCUT2D eigenvalue weighted by atomic mass is 10.5. The van der Waals surface area contributed by atoms with Crippen molar-refractivity contribution in [3.05, 3.63) is 0 Å². The van der Waals surface area contributed by atoms with Crippen molar-refractivity contribution in [3.8, 4) is 0 Å². The van der Waals surface area contributed by atoms with Crippen LogP contribution in [-0.4, -0.2) is 121 Å². The lowest BCUT2D eigenvalue weighted by molar-refractivity contribution is 0.115. The molecule has 2 saturated heterocycles. The van der Waals surface area contributed by atoms with Gasteiger partial charge in [0, 0.05) is 61.4 Å². The molecule has 0 amide bonds. The first-order chi connectivity index (χ1) is 17.9. The molecule has 12 nitrogen and oxygen atoms in total. The Labute approximate surface area is 236 Å². The molecule has 0 spiro atoms. The van der Waals surface area contributed by atoms with Gasteiger partial charge in [-0.2, -0.15) is 0 Å². The fourth-order valence-corrected chi connectivity index (χ4v) is 31.8. The number of epoxide rings is 1. The van der Waals surface area contributed by atoms with Crippen LogP contribution in [0, 0.1) is 0 Å². The van der Waals surface area contributed by atoms with Crippen LogP contribution in [0.15, 0.2) is 0 Å². The van der Waals surface area contributed by atoms with Gasteiger partial charge in [-0.25, -0.2) is 0 Å². The standard InChI is InChI=1S/C20H50O12Si6/c1-21-37(22-2,23-3)16-14-35(9)30-33(7)29-34(8,13-11-12-27-18-20-19-28-20)31-36(10,32-35)15-17-38(24-4,25-5)26-6/h20,33H,11-19H2,1-10H3. The van der Waals surface area contributed by atoms with Crippen molar-refractivity contribution < 1.29 is 52.5 Å². The first-order valence-electron chi connectivity index (χ1n) is 13.1. The first-order valence-corrected chi connectivity index (χ1v) is 26.7. The van der Waals surface area contributed by atoms with E-state index in [1.54, 1.807) is 42.7 Å². The monoisotopic (exact) mass is 650 g/mol. The van der Waals surface area contributed by atoms with E-state index in [4.69, 9.17) is 52.5 Å². The second-order valence-electron chi connectivity index (χ2n) is 10.1. The van der Waals surface area contributed by atoms with Crippen LogP contribution in [0.25, 0.3) is 0 Å². The van der Waals surface area contributed by atoms with Crippen molar-refractivity contribution in [2.45, 2.75) is 68.9 Å². The highest BCUT2D eigenvalue weighted by molar-refractivity contribution is 6.91. The Morgan fingerprint density at radius 3 is 1.55 bits per heavy atom. The SMILES string of the molecule is CO[Si](CC[Si]1(C)O[SiH](C)O[Si](C)(CCCOCC2CO2)O[Si](C)(CC[Si](OC)(OC)OC)O1)(OC)OC. The van der Waals surface area contributed by atoms with Gasteiger partial charge in [0.05, 0.1) is 13.2 Å². The molecule has 38 heavy (non-hydrogen) atoms. The summed E-state index contributed by atoms with van der Waals surface area (Å²) in [5, 5.41) is 0. The molecule has 18 heteroatoms. The van der Waals surface area contributed by atoms with Gasteiger partial charge in [-0.15, -0.1) is 0 Å². The van der Waals surface area contributed by atoms with Crippen LogP contribution in [0.3, 0.4) is 0 Å². The van der Waals surface area contributed by atoms with Crippen molar-refractivity contribution in [1.29, 1.82) is 0 Å². The summed E-state index contributed by atoms with van der Waals surface area (Å²) in [6.45, 7) is 10.4. The number of hydrogen-bond donors (Lipinski definition) is 0. The van der Waals surface area contributed by atoms with Gasteiger partial charge in [0.2, 0.25) is 0 Å².